The lowest BCUT2D eigenvalue weighted by molar-refractivity contribution is -0.286. The Labute approximate surface area is 196 Å². The third kappa shape index (κ3) is 5.27. The monoisotopic (exact) mass is 496 g/mol. The molecule has 10 heteroatoms. The zero-order valence-corrected chi connectivity index (χ0v) is 19.3. The number of rotatable bonds is 8. The second-order valence-corrected chi connectivity index (χ2v) is 11.2. The molecule has 184 valence electrons. The molecule has 0 bridgehead atoms. The zero-order valence-electron chi connectivity index (χ0n) is 18.5. The van der Waals surface area contributed by atoms with Crippen LogP contribution in [0, 0.1) is 11.8 Å². The quantitative estimate of drug-likeness (QED) is 0.565. The molecular weight excluding hydrogens is 469 g/mol. The Balaban J connectivity index is 1.44. The molecule has 1 aromatic carbocycles. The minimum atomic E-state index is -4.82. The number of aromatic nitrogens is 1. The highest BCUT2D eigenvalue weighted by Crippen LogP contribution is 2.50. The number of pyridine rings is 1. The minimum Gasteiger partial charge on any atom is -0.376 e. The van der Waals surface area contributed by atoms with Crippen molar-refractivity contribution in [3.05, 3.63) is 53.7 Å². The first-order valence-electron chi connectivity index (χ1n) is 11.4. The second kappa shape index (κ2) is 9.30. The van der Waals surface area contributed by atoms with Crippen molar-refractivity contribution in [2.75, 3.05) is 11.1 Å². The van der Waals surface area contributed by atoms with Gasteiger partial charge in [-0.1, -0.05) is 31.0 Å². The number of carbonyl (C=O) groups is 1. The lowest BCUT2D eigenvalue weighted by Crippen LogP contribution is -2.47. The normalized spacial score (nSPS) is 19.1. The van der Waals surface area contributed by atoms with Crippen LogP contribution in [0.5, 0.6) is 0 Å². The van der Waals surface area contributed by atoms with Crippen LogP contribution in [0.25, 0.3) is 0 Å². The van der Waals surface area contributed by atoms with Gasteiger partial charge in [0.15, 0.2) is 20.5 Å². The molecule has 2 N–H and O–H groups in total. The molecule has 2 aromatic rings. The van der Waals surface area contributed by atoms with E-state index in [9.17, 15) is 31.5 Å². The predicted octanol–water partition coefficient (Wildman–Crippen LogP) is 4.39. The van der Waals surface area contributed by atoms with E-state index in [1.165, 1.54) is 36.4 Å². The number of alkyl halides is 3. The van der Waals surface area contributed by atoms with Crippen LogP contribution in [-0.2, 0) is 26.7 Å². The van der Waals surface area contributed by atoms with Gasteiger partial charge in [0.25, 0.3) is 0 Å². The van der Waals surface area contributed by atoms with E-state index in [1.54, 1.807) is 6.07 Å². The zero-order chi connectivity index (χ0) is 24.6. The van der Waals surface area contributed by atoms with Crippen LogP contribution in [-0.4, -0.2) is 36.3 Å². The van der Waals surface area contributed by atoms with Crippen molar-refractivity contribution in [3.8, 4) is 0 Å². The van der Waals surface area contributed by atoms with Gasteiger partial charge in [0, 0.05) is 11.6 Å². The van der Waals surface area contributed by atoms with E-state index in [0.717, 1.165) is 12.8 Å². The maximum Gasteiger partial charge on any atom is 0.421 e. The van der Waals surface area contributed by atoms with Gasteiger partial charge < -0.3 is 10.4 Å². The highest BCUT2D eigenvalue weighted by Gasteiger charge is 2.59. The molecule has 2 aliphatic carbocycles. The van der Waals surface area contributed by atoms with Gasteiger partial charge in [-0.05, 0) is 61.4 Å². The number of sulfone groups is 1. The molecule has 1 heterocycles. The Kier molecular flexibility index (Phi) is 6.74. The minimum absolute atomic E-state index is 0.0487. The molecule has 1 atom stereocenters. The lowest BCUT2D eigenvalue weighted by atomic mass is 9.79. The lowest BCUT2D eigenvalue weighted by Gasteiger charge is -2.36. The Bertz CT molecular complexity index is 1140. The molecule has 2 fully saturated rings. The van der Waals surface area contributed by atoms with Crippen molar-refractivity contribution in [2.45, 2.75) is 61.7 Å². The molecule has 2 aliphatic rings. The maximum atomic E-state index is 13.8. The second-order valence-electron chi connectivity index (χ2n) is 9.24. The third-order valence-electron chi connectivity index (χ3n) is 6.58. The largest absolute Gasteiger partial charge is 0.421 e. The van der Waals surface area contributed by atoms with Gasteiger partial charge in [0.05, 0.1) is 17.9 Å². The summed E-state index contributed by atoms with van der Waals surface area (Å²) >= 11 is 0. The summed E-state index contributed by atoms with van der Waals surface area (Å²) in [4.78, 5) is 16.6. The van der Waals surface area contributed by atoms with Gasteiger partial charge in [-0.15, -0.1) is 0 Å². The summed E-state index contributed by atoms with van der Waals surface area (Å²) in [5.41, 5.74) is -2.64. The molecule has 1 unspecified atom stereocenters. The Hall–Kier alpha value is -2.46. The number of anilines is 1. The van der Waals surface area contributed by atoms with E-state index in [4.69, 9.17) is 0 Å². The standard InChI is InChI=1S/C24H27F3N2O4S/c25-24(26,27)23(31,17-4-1-2-5-17)18-10-12-19(13-11-18)28-21(30)14-20-6-3-7-22(29-20)34(32,33)15-16-8-9-16/h3,6-7,10-13,16-17,31H,1-2,4-5,8-9,14-15H2,(H,28,30). The summed E-state index contributed by atoms with van der Waals surface area (Å²) in [5.74, 6) is -1.17. The van der Waals surface area contributed by atoms with Gasteiger partial charge in [-0.3, -0.25) is 4.79 Å². The fourth-order valence-electron chi connectivity index (χ4n) is 4.56. The molecule has 1 amide bonds. The fraction of sp³-hybridized carbons (Fsp3) is 0.500. The summed E-state index contributed by atoms with van der Waals surface area (Å²) in [6, 6.07) is 9.50. The van der Waals surface area contributed by atoms with E-state index in [2.05, 4.69) is 10.3 Å². The third-order valence-corrected chi connectivity index (χ3v) is 8.36. The van der Waals surface area contributed by atoms with Gasteiger partial charge in [-0.25, -0.2) is 13.4 Å². The van der Waals surface area contributed by atoms with Crippen LogP contribution < -0.4 is 5.32 Å². The molecule has 1 aromatic heterocycles. The number of hydrogen-bond donors (Lipinski definition) is 2. The van der Waals surface area contributed by atoms with Crippen LogP contribution in [0.15, 0.2) is 47.5 Å². The number of nitrogens with one attached hydrogen (secondary N) is 1. The van der Waals surface area contributed by atoms with E-state index >= 15 is 0 Å². The Morgan fingerprint density at radius 2 is 1.68 bits per heavy atom. The number of aliphatic hydroxyl groups is 1. The van der Waals surface area contributed by atoms with Gasteiger partial charge in [-0.2, -0.15) is 13.2 Å². The summed E-state index contributed by atoms with van der Waals surface area (Å²) in [5, 5.41) is 13.2. The highest BCUT2D eigenvalue weighted by atomic mass is 32.2. The van der Waals surface area contributed by atoms with Crippen molar-refractivity contribution >= 4 is 21.4 Å². The predicted molar refractivity (Wildman–Crippen MR) is 120 cm³/mol. The number of halogens is 3. The van der Waals surface area contributed by atoms with Crippen molar-refractivity contribution in [1.82, 2.24) is 4.98 Å². The fourth-order valence-corrected chi connectivity index (χ4v) is 6.23. The number of hydrogen-bond acceptors (Lipinski definition) is 5. The summed E-state index contributed by atoms with van der Waals surface area (Å²) in [7, 11) is -3.51. The molecule has 6 nitrogen and oxygen atoms in total. The molecule has 34 heavy (non-hydrogen) atoms. The average Bonchev–Trinajstić information content (AvgIpc) is 3.39. The van der Waals surface area contributed by atoms with Gasteiger partial charge in [0.1, 0.15) is 0 Å². The first kappa shape index (κ1) is 24.7. The summed E-state index contributed by atoms with van der Waals surface area (Å²) in [6.07, 6.45) is -1.33. The molecule has 0 saturated heterocycles. The molecule has 2 saturated carbocycles. The Morgan fingerprint density at radius 3 is 2.26 bits per heavy atom. The topological polar surface area (TPSA) is 96.4 Å². The first-order chi connectivity index (χ1) is 16.0. The molecule has 0 radical (unpaired) electrons. The molecular formula is C24H27F3N2O4S. The average molecular weight is 497 g/mol. The number of benzene rings is 1. The van der Waals surface area contributed by atoms with Gasteiger partial charge in [0.2, 0.25) is 5.91 Å². The molecule has 0 spiro atoms. The maximum absolute atomic E-state index is 13.8. The molecule has 0 aliphatic heterocycles. The van der Waals surface area contributed by atoms with Crippen LogP contribution >= 0.6 is 0 Å². The number of carbonyl (C=O) groups excluding carboxylic acids is 1. The number of nitrogens with zero attached hydrogens (tertiary/aromatic N) is 1. The van der Waals surface area contributed by atoms with E-state index in [0.29, 0.717) is 25.7 Å². The van der Waals surface area contributed by atoms with Crippen LogP contribution in [0.4, 0.5) is 18.9 Å². The number of amides is 1. The molecule has 4 rings (SSSR count). The highest BCUT2D eigenvalue weighted by molar-refractivity contribution is 7.91. The van der Waals surface area contributed by atoms with Crippen molar-refractivity contribution < 1.29 is 31.5 Å². The summed E-state index contributed by atoms with van der Waals surface area (Å²) < 4.78 is 66.3. The van der Waals surface area contributed by atoms with E-state index < -0.39 is 33.4 Å². The van der Waals surface area contributed by atoms with Crippen LogP contribution in [0.1, 0.15) is 49.8 Å². The summed E-state index contributed by atoms with van der Waals surface area (Å²) in [6.45, 7) is 0. The van der Waals surface area contributed by atoms with Crippen LogP contribution in [0.3, 0.4) is 0 Å². The van der Waals surface area contributed by atoms with Crippen molar-refractivity contribution in [3.63, 3.8) is 0 Å². The van der Waals surface area contributed by atoms with Gasteiger partial charge >= 0.3 is 6.18 Å². The van der Waals surface area contributed by atoms with Crippen LogP contribution in [0.2, 0.25) is 0 Å². The smallest absolute Gasteiger partial charge is 0.376 e. The first-order valence-corrected chi connectivity index (χ1v) is 13.0. The van der Waals surface area contributed by atoms with Crippen molar-refractivity contribution in [1.29, 1.82) is 0 Å². The van der Waals surface area contributed by atoms with E-state index in [-0.39, 0.29) is 40.1 Å². The SMILES string of the molecule is O=C(Cc1cccc(S(=O)(=O)CC2CC2)n1)Nc1ccc(C(O)(C2CCCC2)C(F)(F)F)cc1. The Morgan fingerprint density at radius 1 is 1.03 bits per heavy atom. The van der Waals surface area contributed by atoms with Crippen molar-refractivity contribution in [2.24, 2.45) is 11.8 Å². The van der Waals surface area contributed by atoms with E-state index in [1.807, 2.05) is 0 Å².